The molecule has 0 spiro atoms. The molecule has 0 radical (unpaired) electrons. The van der Waals surface area contributed by atoms with Gasteiger partial charge in [0.2, 0.25) is 0 Å². The molecule has 8 atom stereocenters. The molecule has 2 aliphatic carbocycles. The molecule has 4 rings (SSSR count). The van der Waals surface area contributed by atoms with E-state index in [0.717, 1.165) is 76.3 Å². The van der Waals surface area contributed by atoms with Crippen LogP contribution in [0.3, 0.4) is 0 Å². The minimum absolute atomic E-state index is 0.0130. The number of rotatable bonds is 22. The number of carboxylic acids is 1. The van der Waals surface area contributed by atoms with Crippen LogP contribution in [0, 0.1) is 35.5 Å². The number of dihydropyridines is 1. The number of unbranched alkanes of at least 4 members (excludes halogenated alkanes) is 4. The first kappa shape index (κ1) is 40.2. The molecule has 3 aliphatic rings. The molecule has 8 nitrogen and oxygen atoms in total. The smallest absolute Gasteiger partial charge is 0.309 e. The third-order valence-electron chi connectivity index (χ3n) is 11.9. The summed E-state index contributed by atoms with van der Waals surface area (Å²) in [7, 11) is 0. The highest BCUT2D eigenvalue weighted by Gasteiger charge is 2.46. The number of aliphatic carboxylic acids is 1. The molecular formula is C42H69N3O5. The van der Waals surface area contributed by atoms with Crippen molar-refractivity contribution in [2.45, 2.75) is 154 Å². The number of H-pyrrole nitrogens is 1. The third-order valence-corrected chi connectivity index (χ3v) is 11.9. The van der Waals surface area contributed by atoms with Crippen LogP contribution < -0.4 is 11.1 Å². The van der Waals surface area contributed by atoms with Crippen LogP contribution in [0.15, 0.2) is 48.0 Å². The molecule has 8 N–H and O–H groups in total. The fraction of sp³-hybridized carbons (Fsp3) is 0.738. The standard InChI is InChI=1S/C42H69N3O5/c1-4-5-7-10-30-15-16-34(39(47)24-30)11-8-6-9-12-37(41(48)49)38(46)17-19-42(50)27-33(21-31-18-20-44-40(43)25-31)22-35(42)26-36-23-32(28-45-36)14-13-29(2)3/h15-16,18,23,25,28-30,33-35,37-39,44-47,50H,4-14,17,19-22,24,26-27,43H2,1-3H3,(H,48,49). The zero-order valence-corrected chi connectivity index (χ0v) is 31.3. The molecule has 0 saturated heterocycles. The first-order valence-electron chi connectivity index (χ1n) is 20.0. The van der Waals surface area contributed by atoms with E-state index in [1.165, 1.54) is 30.4 Å². The summed E-state index contributed by atoms with van der Waals surface area (Å²) in [5.41, 5.74) is 8.68. The third kappa shape index (κ3) is 12.6. The van der Waals surface area contributed by atoms with Crippen molar-refractivity contribution in [1.29, 1.82) is 0 Å². The van der Waals surface area contributed by atoms with E-state index in [1.54, 1.807) is 0 Å². The van der Waals surface area contributed by atoms with Crippen molar-refractivity contribution in [3.05, 3.63) is 59.2 Å². The lowest BCUT2D eigenvalue weighted by molar-refractivity contribution is -0.146. The number of hydrogen-bond acceptors (Lipinski definition) is 6. The van der Waals surface area contributed by atoms with E-state index in [4.69, 9.17) is 5.73 Å². The van der Waals surface area contributed by atoms with Gasteiger partial charge in [0.25, 0.3) is 0 Å². The highest BCUT2D eigenvalue weighted by Crippen LogP contribution is 2.47. The van der Waals surface area contributed by atoms with Crippen LogP contribution in [-0.2, 0) is 17.6 Å². The molecule has 282 valence electrons. The molecular weight excluding hydrogens is 626 g/mol. The summed E-state index contributed by atoms with van der Waals surface area (Å²) in [5, 5.41) is 47.3. The lowest BCUT2D eigenvalue weighted by Crippen LogP contribution is -2.37. The highest BCUT2D eigenvalue weighted by molar-refractivity contribution is 5.70. The van der Waals surface area contributed by atoms with Crippen molar-refractivity contribution < 1.29 is 25.2 Å². The number of aromatic amines is 1. The summed E-state index contributed by atoms with van der Waals surface area (Å²) in [6.07, 6.45) is 24.9. The van der Waals surface area contributed by atoms with E-state index in [1.807, 2.05) is 6.08 Å². The van der Waals surface area contributed by atoms with Crippen LogP contribution >= 0.6 is 0 Å². The van der Waals surface area contributed by atoms with Gasteiger partial charge in [-0.2, -0.15) is 0 Å². The number of nitrogens with two attached hydrogens (primary N) is 1. The Hall–Kier alpha value is -2.55. The number of nitrogens with one attached hydrogen (secondary N) is 2. The van der Waals surface area contributed by atoms with Crippen LogP contribution in [0.4, 0.5) is 0 Å². The Labute approximate surface area is 302 Å². The fourth-order valence-electron chi connectivity index (χ4n) is 8.82. The minimum Gasteiger partial charge on any atom is -0.481 e. The number of carboxylic acid groups (broad SMARTS) is 1. The number of allylic oxidation sites excluding steroid dienone is 3. The van der Waals surface area contributed by atoms with Gasteiger partial charge in [0.1, 0.15) is 0 Å². The number of aryl methyl sites for hydroxylation is 1. The van der Waals surface area contributed by atoms with Gasteiger partial charge in [-0.1, -0.05) is 77.5 Å². The van der Waals surface area contributed by atoms with Crippen molar-refractivity contribution in [3.63, 3.8) is 0 Å². The van der Waals surface area contributed by atoms with Crippen LogP contribution in [0.5, 0.6) is 0 Å². The molecule has 1 aromatic rings. The monoisotopic (exact) mass is 696 g/mol. The molecule has 0 bridgehead atoms. The largest absolute Gasteiger partial charge is 0.481 e. The van der Waals surface area contributed by atoms with Gasteiger partial charge in [0.05, 0.1) is 29.5 Å². The maximum atomic E-state index is 12.3. The zero-order chi connectivity index (χ0) is 36.1. The maximum absolute atomic E-state index is 12.3. The van der Waals surface area contributed by atoms with Gasteiger partial charge in [-0.25, -0.2) is 0 Å². The lowest BCUT2D eigenvalue weighted by Gasteiger charge is -2.32. The number of aliphatic hydroxyl groups is 3. The Morgan fingerprint density at radius 3 is 2.56 bits per heavy atom. The second kappa shape index (κ2) is 19.9. The fourth-order valence-corrected chi connectivity index (χ4v) is 8.82. The molecule has 8 heteroatoms. The predicted octanol–water partition coefficient (Wildman–Crippen LogP) is 7.55. The average Bonchev–Trinajstić information content (AvgIpc) is 3.64. The predicted molar refractivity (Wildman–Crippen MR) is 202 cm³/mol. The lowest BCUT2D eigenvalue weighted by atomic mass is 9.80. The summed E-state index contributed by atoms with van der Waals surface area (Å²) < 4.78 is 0. The zero-order valence-electron chi connectivity index (χ0n) is 31.3. The van der Waals surface area contributed by atoms with Crippen molar-refractivity contribution >= 4 is 5.97 Å². The Balaban J connectivity index is 1.29. The summed E-state index contributed by atoms with van der Waals surface area (Å²) >= 11 is 0. The summed E-state index contributed by atoms with van der Waals surface area (Å²) in [6.45, 7) is 7.40. The number of hydrogen-bond donors (Lipinski definition) is 7. The van der Waals surface area contributed by atoms with E-state index >= 15 is 0 Å². The number of carbonyl (C=O) groups is 1. The van der Waals surface area contributed by atoms with Gasteiger partial charge in [-0.05, 0) is 124 Å². The molecule has 0 aromatic carbocycles. The quantitative estimate of drug-likeness (QED) is 0.0489. The topological polar surface area (TPSA) is 152 Å². The second-order valence-corrected chi connectivity index (χ2v) is 16.5. The molecule has 0 amide bonds. The molecule has 2 heterocycles. The van der Waals surface area contributed by atoms with Gasteiger partial charge in [-0.15, -0.1) is 0 Å². The molecule has 1 aliphatic heterocycles. The van der Waals surface area contributed by atoms with Crippen molar-refractivity contribution in [2.24, 2.45) is 41.2 Å². The Bertz CT molecular complexity index is 1270. The normalized spacial score (nSPS) is 27.9. The highest BCUT2D eigenvalue weighted by atomic mass is 16.4. The van der Waals surface area contributed by atoms with Gasteiger partial charge in [0.15, 0.2) is 0 Å². The second-order valence-electron chi connectivity index (χ2n) is 16.5. The summed E-state index contributed by atoms with van der Waals surface area (Å²) in [4.78, 5) is 15.8. The minimum atomic E-state index is -1.01. The van der Waals surface area contributed by atoms with Crippen LogP contribution in [-0.4, -0.2) is 55.7 Å². The summed E-state index contributed by atoms with van der Waals surface area (Å²) in [5.74, 6) is 0.460. The summed E-state index contributed by atoms with van der Waals surface area (Å²) in [6, 6.07) is 2.24. The molecule has 1 aromatic heterocycles. The van der Waals surface area contributed by atoms with Crippen LogP contribution in [0.2, 0.25) is 0 Å². The Morgan fingerprint density at radius 2 is 1.84 bits per heavy atom. The van der Waals surface area contributed by atoms with E-state index in [0.29, 0.717) is 43.5 Å². The van der Waals surface area contributed by atoms with E-state index in [2.05, 4.69) is 61.6 Å². The average molecular weight is 696 g/mol. The first-order chi connectivity index (χ1) is 24.0. The van der Waals surface area contributed by atoms with E-state index in [9.17, 15) is 25.2 Å². The van der Waals surface area contributed by atoms with Crippen LogP contribution in [0.1, 0.15) is 135 Å². The van der Waals surface area contributed by atoms with Crippen molar-refractivity contribution in [3.8, 4) is 0 Å². The molecule has 1 saturated carbocycles. The number of aromatic nitrogens is 1. The Kier molecular flexibility index (Phi) is 16.0. The number of aliphatic hydroxyl groups excluding tert-OH is 2. The molecule has 50 heavy (non-hydrogen) atoms. The first-order valence-corrected chi connectivity index (χ1v) is 20.0. The SMILES string of the molecule is CCCCCC1C=CC(CCCCCC(C(=O)O)C(O)CCC2(O)CC(CC3=CCNC(N)=C3)CC2Cc2cc(CCC(C)C)c[nH]2)C(O)C1. The van der Waals surface area contributed by atoms with Gasteiger partial charge >= 0.3 is 5.97 Å². The van der Waals surface area contributed by atoms with E-state index < -0.39 is 23.6 Å². The van der Waals surface area contributed by atoms with Gasteiger partial charge in [-0.3, -0.25) is 4.79 Å². The van der Waals surface area contributed by atoms with Crippen LogP contribution in [0.25, 0.3) is 0 Å². The van der Waals surface area contributed by atoms with Crippen molar-refractivity contribution in [2.75, 3.05) is 6.54 Å². The molecule has 1 fully saturated rings. The van der Waals surface area contributed by atoms with Crippen molar-refractivity contribution in [1.82, 2.24) is 10.3 Å². The Morgan fingerprint density at radius 1 is 1.04 bits per heavy atom. The van der Waals surface area contributed by atoms with E-state index in [-0.39, 0.29) is 30.3 Å². The maximum Gasteiger partial charge on any atom is 0.309 e. The van der Waals surface area contributed by atoms with Gasteiger partial charge in [0, 0.05) is 24.4 Å². The van der Waals surface area contributed by atoms with Gasteiger partial charge < -0.3 is 36.5 Å². The molecule has 8 unspecified atom stereocenters.